The highest BCUT2D eigenvalue weighted by molar-refractivity contribution is 5.69. The molecule has 0 saturated heterocycles. The molecule has 5 heteroatoms. The van der Waals surface area contributed by atoms with Gasteiger partial charge in [-0.2, -0.15) is 0 Å². The maximum absolute atomic E-state index is 11.0. The second kappa shape index (κ2) is 7.63. The molecule has 0 aliphatic rings. The zero-order valence-corrected chi connectivity index (χ0v) is 11.6. The van der Waals surface area contributed by atoms with Crippen LogP contribution in [0.1, 0.15) is 12.8 Å². The van der Waals surface area contributed by atoms with Crippen molar-refractivity contribution in [1.29, 1.82) is 0 Å². The van der Waals surface area contributed by atoms with Crippen molar-refractivity contribution in [3.05, 3.63) is 24.3 Å². The molecule has 0 bridgehead atoms. The molecule has 0 radical (unpaired) electrons. The van der Waals surface area contributed by atoms with E-state index in [2.05, 4.69) is 4.74 Å². The van der Waals surface area contributed by atoms with Crippen molar-refractivity contribution in [2.24, 2.45) is 0 Å². The molecule has 0 heterocycles. The average molecular weight is 267 g/mol. The molecule has 0 saturated carbocycles. The van der Waals surface area contributed by atoms with E-state index in [0.29, 0.717) is 13.0 Å². The molecule has 0 amide bonds. The second-order valence-corrected chi connectivity index (χ2v) is 4.32. The molecule has 19 heavy (non-hydrogen) atoms. The Bertz CT molecular complexity index is 408. The van der Waals surface area contributed by atoms with Gasteiger partial charge in [0.1, 0.15) is 5.75 Å². The number of aliphatic hydroxyl groups is 1. The summed E-state index contributed by atoms with van der Waals surface area (Å²) in [6, 6.07) is 7.59. The lowest BCUT2D eigenvalue weighted by molar-refractivity contribution is -0.141. The summed E-state index contributed by atoms with van der Waals surface area (Å²) in [5, 5.41) is 9.90. The van der Waals surface area contributed by atoms with Gasteiger partial charge in [0, 0.05) is 20.0 Å². The molecule has 1 atom stereocenters. The summed E-state index contributed by atoms with van der Waals surface area (Å²) in [6.07, 6.45) is 0.0119. The molecule has 0 fully saturated rings. The van der Waals surface area contributed by atoms with Crippen molar-refractivity contribution < 1.29 is 19.4 Å². The van der Waals surface area contributed by atoms with Crippen LogP contribution in [0.5, 0.6) is 5.75 Å². The highest BCUT2D eigenvalue weighted by Gasteiger charge is 2.13. The summed E-state index contributed by atoms with van der Waals surface area (Å²) in [5.74, 6) is 0.448. The lowest BCUT2D eigenvalue weighted by Crippen LogP contribution is -2.29. The van der Waals surface area contributed by atoms with E-state index >= 15 is 0 Å². The number of hydrogen-bond donors (Lipinski definition) is 1. The van der Waals surface area contributed by atoms with Gasteiger partial charge in [-0.1, -0.05) is 12.1 Å². The Morgan fingerprint density at radius 3 is 2.68 bits per heavy atom. The summed E-state index contributed by atoms with van der Waals surface area (Å²) in [7, 11) is 4.83. The number of nitrogens with zero attached hydrogens (tertiary/aromatic N) is 1. The SMILES string of the molecule is COC(=O)CCC(O)CN(C)c1ccccc1OC. The topological polar surface area (TPSA) is 59.0 Å². The number of aliphatic hydroxyl groups excluding tert-OH is 1. The van der Waals surface area contributed by atoms with Gasteiger partial charge in [0.05, 0.1) is 26.0 Å². The molecule has 1 aromatic rings. The molecular formula is C14H21NO4. The Morgan fingerprint density at radius 1 is 1.37 bits per heavy atom. The van der Waals surface area contributed by atoms with Gasteiger partial charge in [-0.05, 0) is 18.6 Å². The second-order valence-electron chi connectivity index (χ2n) is 4.32. The minimum absolute atomic E-state index is 0.220. The highest BCUT2D eigenvalue weighted by atomic mass is 16.5. The van der Waals surface area contributed by atoms with Crippen LogP contribution >= 0.6 is 0 Å². The normalized spacial score (nSPS) is 11.8. The predicted octanol–water partition coefficient (Wildman–Crippen LogP) is 1.45. The fourth-order valence-corrected chi connectivity index (χ4v) is 1.84. The minimum Gasteiger partial charge on any atom is -0.495 e. The van der Waals surface area contributed by atoms with E-state index in [1.165, 1.54) is 7.11 Å². The Labute approximate surface area is 113 Å². The van der Waals surface area contributed by atoms with Crippen LogP contribution in [0, 0.1) is 0 Å². The van der Waals surface area contributed by atoms with Crippen molar-refractivity contribution in [3.8, 4) is 5.75 Å². The Kier molecular flexibility index (Phi) is 6.15. The molecule has 1 unspecified atom stereocenters. The van der Waals surface area contributed by atoms with Crippen LogP contribution in [0.15, 0.2) is 24.3 Å². The number of likely N-dealkylation sites (N-methyl/N-ethyl adjacent to an activating group) is 1. The molecule has 0 aliphatic carbocycles. The van der Waals surface area contributed by atoms with Crippen LogP contribution in [-0.2, 0) is 9.53 Å². The predicted molar refractivity (Wildman–Crippen MR) is 73.5 cm³/mol. The van der Waals surface area contributed by atoms with Gasteiger partial charge in [-0.25, -0.2) is 0 Å². The number of anilines is 1. The van der Waals surface area contributed by atoms with E-state index < -0.39 is 6.10 Å². The van der Waals surface area contributed by atoms with Gasteiger partial charge >= 0.3 is 5.97 Å². The van der Waals surface area contributed by atoms with Crippen LogP contribution in [0.3, 0.4) is 0 Å². The first-order chi connectivity index (χ1) is 9.08. The van der Waals surface area contributed by atoms with E-state index in [-0.39, 0.29) is 12.4 Å². The zero-order valence-electron chi connectivity index (χ0n) is 11.6. The number of benzene rings is 1. The van der Waals surface area contributed by atoms with E-state index in [1.54, 1.807) is 7.11 Å². The number of hydrogen-bond acceptors (Lipinski definition) is 5. The van der Waals surface area contributed by atoms with Gasteiger partial charge in [-0.15, -0.1) is 0 Å². The maximum atomic E-state index is 11.0. The smallest absolute Gasteiger partial charge is 0.305 e. The summed E-state index contributed by atoms with van der Waals surface area (Å²) in [6.45, 7) is 0.428. The van der Waals surface area contributed by atoms with Gasteiger partial charge in [0.15, 0.2) is 0 Å². The van der Waals surface area contributed by atoms with Crippen LogP contribution in [0.2, 0.25) is 0 Å². The Morgan fingerprint density at radius 2 is 2.05 bits per heavy atom. The summed E-state index contributed by atoms with van der Waals surface area (Å²) in [5.41, 5.74) is 0.905. The standard InChI is InChI=1S/C14H21NO4/c1-15(10-11(16)8-9-14(17)19-3)12-6-4-5-7-13(12)18-2/h4-7,11,16H,8-10H2,1-3H3. The summed E-state index contributed by atoms with van der Waals surface area (Å²) in [4.78, 5) is 12.9. The fraction of sp³-hybridized carbons (Fsp3) is 0.500. The van der Waals surface area contributed by atoms with Crippen LogP contribution in [0.25, 0.3) is 0 Å². The van der Waals surface area contributed by atoms with E-state index in [4.69, 9.17) is 4.74 Å². The first-order valence-electron chi connectivity index (χ1n) is 6.17. The Hall–Kier alpha value is -1.75. The van der Waals surface area contributed by atoms with Crippen LogP contribution < -0.4 is 9.64 Å². The first-order valence-corrected chi connectivity index (χ1v) is 6.17. The van der Waals surface area contributed by atoms with Crippen molar-refractivity contribution in [3.63, 3.8) is 0 Å². The van der Waals surface area contributed by atoms with Crippen molar-refractivity contribution in [2.45, 2.75) is 18.9 Å². The molecule has 5 nitrogen and oxygen atoms in total. The minimum atomic E-state index is -0.589. The molecule has 0 spiro atoms. The van der Waals surface area contributed by atoms with Gasteiger partial charge in [0.2, 0.25) is 0 Å². The molecule has 1 aromatic carbocycles. The lowest BCUT2D eigenvalue weighted by atomic mass is 10.1. The quantitative estimate of drug-likeness (QED) is 0.758. The van der Waals surface area contributed by atoms with Crippen molar-refractivity contribution in [2.75, 3.05) is 32.7 Å². The van der Waals surface area contributed by atoms with Crippen LogP contribution in [0.4, 0.5) is 5.69 Å². The van der Waals surface area contributed by atoms with Crippen molar-refractivity contribution >= 4 is 11.7 Å². The van der Waals surface area contributed by atoms with Crippen LogP contribution in [-0.4, -0.2) is 45.0 Å². The fourth-order valence-electron chi connectivity index (χ4n) is 1.84. The third-order valence-corrected chi connectivity index (χ3v) is 2.89. The number of esters is 1. The van der Waals surface area contributed by atoms with Crippen molar-refractivity contribution in [1.82, 2.24) is 0 Å². The third kappa shape index (κ3) is 4.79. The largest absolute Gasteiger partial charge is 0.495 e. The van der Waals surface area contributed by atoms with Gasteiger partial charge in [-0.3, -0.25) is 4.79 Å². The number of para-hydroxylation sites is 2. The number of methoxy groups -OCH3 is 2. The van der Waals surface area contributed by atoms with Gasteiger partial charge in [0.25, 0.3) is 0 Å². The van der Waals surface area contributed by atoms with E-state index in [9.17, 15) is 9.90 Å². The molecule has 1 rings (SSSR count). The first kappa shape index (κ1) is 15.3. The average Bonchev–Trinajstić information content (AvgIpc) is 2.44. The number of carbonyl (C=O) groups is 1. The number of carbonyl (C=O) groups excluding carboxylic acids is 1. The third-order valence-electron chi connectivity index (χ3n) is 2.89. The molecule has 1 N–H and O–H groups in total. The summed E-state index contributed by atoms with van der Waals surface area (Å²) < 4.78 is 9.81. The number of rotatable bonds is 7. The van der Waals surface area contributed by atoms with Gasteiger partial charge < -0.3 is 19.5 Å². The molecule has 0 aromatic heterocycles. The zero-order chi connectivity index (χ0) is 14.3. The Balaban J connectivity index is 2.54. The lowest BCUT2D eigenvalue weighted by Gasteiger charge is -2.24. The molecular weight excluding hydrogens is 246 g/mol. The highest BCUT2D eigenvalue weighted by Crippen LogP contribution is 2.26. The monoisotopic (exact) mass is 267 g/mol. The summed E-state index contributed by atoms with van der Waals surface area (Å²) >= 11 is 0. The maximum Gasteiger partial charge on any atom is 0.305 e. The number of ether oxygens (including phenoxy) is 2. The molecule has 106 valence electrons. The van der Waals surface area contributed by atoms with E-state index in [0.717, 1.165) is 11.4 Å². The molecule has 0 aliphatic heterocycles. The van der Waals surface area contributed by atoms with E-state index in [1.807, 2.05) is 36.2 Å².